The maximum atomic E-state index is 12.4. The van der Waals surface area contributed by atoms with Crippen molar-refractivity contribution >= 4 is 5.78 Å². The maximum absolute atomic E-state index is 12.4. The Bertz CT molecular complexity index is 446. The molecule has 1 aromatic rings. The molecule has 2 heterocycles. The number of ketones is 1. The zero-order chi connectivity index (χ0) is 12.6. The normalized spacial score (nSPS) is 26.6. The Balaban J connectivity index is 1.74. The third-order valence-corrected chi connectivity index (χ3v) is 4.34. The van der Waals surface area contributed by atoms with Gasteiger partial charge in [-0.15, -0.1) is 0 Å². The number of imidazole rings is 1. The van der Waals surface area contributed by atoms with Crippen molar-refractivity contribution in [3.05, 3.63) is 18.2 Å². The molecule has 0 aromatic carbocycles. The predicted octanol–water partition coefficient (Wildman–Crippen LogP) is 2.34. The van der Waals surface area contributed by atoms with Crippen LogP contribution in [-0.4, -0.2) is 27.5 Å². The van der Waals surface area contributed by atoms with E-state index in [1.165, 1.54) is 12.8 Å². The van der Waals surface area contributed by atoms with Gasteiger partial charge < -0.3 is 9.30 Å². The second-order valence-corrected chi connectivity index (χ2v) is 5.72. The van der Waals surface area contributed by atoms with Gasteiger partial charge in [0.25, 0.3) is 0 Å². The average Bonchev–Trinajstić information content (AvgIpc) is 2.98. The van der Waals surface area contributed by atoms with Gasteiger partial charge in [-0.3, -0.25) is 4.79 Å². The molecule has 2 aliphatic rings. The summed E-state index contributed by atoms with van der Waals surface area (Å²) in [7, 11) is 1.90. The highest BCUT2D eigenvalue weighted by molar-refractivity contribution is 5.96. The third-order valence-electron chi connectivity index (χ3n) is 4.34. The number of Topliss-reactive ketones (excluding diaryl/α,β-unsaturated/α-hetero) is 1. The Labute approximate surface area is 107 Å². The van der Waals surface area contributed by atoms with Crippen molar-refractivity contribution < 1.29 is 9.53 Å². The highest BCUT2D eigenvalue weighted by atomic mass is 16.5. The van der Waals surface area contributed by atoms with Crippen LogP contribution in [0.5, 0.6) is 0 Å². The number of nitrogens with zero attached hydrogens (tertiary/aromatic N) is 2. The van der Waals surface area contributed by atoms with E-state index in [4.69, 9.17) is 4.74 Å². The molecule has 4 nitrogen and oxygen atoms in total. The lowest BCUT2D eigenvalue weighted by atomic mass is 9.82. The highest BCUT2D eigenvalue weighted by Gasteiger charge is 2.42. The van der Waals surface area contributed by atoms with Crippen LogP contribution in [0.3, 0.4) is 0 Å². The van der Waals surface area contributed by atoms with E-state index in [0.29, 0.717) is 5.69 Å². The first-order valence-corrected chi connectivity index (χ1v) is 6.85. The fourth-order valence-electron chi connectivity index (χ4n) is 3.37. The fraction of sp³-hybridized carbons (Fsp3) is 0.714. The molecule has 0 radical (unpaired) electrons. The minimum absolute atomic E-state index is 0.00730. The van der Waals surface area contributed by atoms with Crippen molar-refractivity contribution in [2.24, 2.45) is 13.0 Å². The lowest BCUT2D eigenvalue weighted by Gasteiger charge is -2.37. The lowest BCUT2D eigenvalue weighted by molar-refractivity contribution is -0.0866. The van der Waals surface area contributed by atoms with E-state index >= 15 is 0 Å². The maximum Gasteiger partial charge on any atom is 0.186 e. The van der Waals surface area contributed by atoms with Crippen molar-refractivity contribution in [2.75, 3.05) is 6.61 Å². The second kappa shape index (κ2) is 4.50. The first-order chi connectivity index (χ1) is 8.69. The van der Waals surface area contributed by atoms with Crippen molar-refractivity contribution in [3.8, 4) is 0 Å². The standard InChI is InChI=1S/C14H20N2O2/c1-16-9-12(15-10-16)13(17)11-4-7-18-14(8-11)5-2-3-6-14/h9-11H,2-8H2,1H3. The van der Waals surface area contributed by atoms with E-state index in [9.17, 15) is 4.79 Å². The lowest BCUT2D eigenvalue weighted by Crippen LogP contribution is -2.39. The van der Waals surface area contributed by atoms with Crippen LogP contribution < -0.4 is 0 Å². The monoisotopic (exact) mass is 248 g/mol. The summed E-state index contributed by atoms with van der Waals surface area (Å²) in [5.74, 6) is 0.303. The van der Waals surface area contributed by atoms with Gasteiger partial charge in [-0.05, 0) is 25.7 Å². The molecule has 0 amide bonds. The predicted molar refractivity (Wildman–Crippen MR) is 67.4 cm³/mol. The summed E-state index contributed by atoms with van der Waals surface area (Å²) < 4.78 is 7.80. The summed E-state index contributed by atoms with van der Waals surface area (Å²) in [6.45, 7) is 0.725. The number of ether oxygens (including phenoxy) is 1. The summed E-state index contributed by atoms with van der Waals surface area (Å²) >= 11 is 0. The number of carbonyl (C=O) groups is 1. The fourth-order valence-corrected chi connectivity index (χ4v) is 3.37. The van der Waals surface area contributed by atoms with E-state index in [2.05, 4.69) is 4.98 Å². The van der Waals surface area contributed by atoms with E-state index in [-0.39, 0.29) is 17.3 Å². The van der Waals surface area contributed by atoms with Crippen LogP contribution in [0.2, 0.25) is 0 Å². The van der Waals surface area contributed by atoms with E-state index < -0.39 is 0 Å². The average molecular weight is 248 g/mol. The first-order valence-electron chi connectivity index (χ1n) is 6.85. The molecule has 1 saturated heterocycles. The van der Waals surface area contributed by atoms with Crippen LogP contribution in [-0.2, 0) is 11.8 Å². The van der Waals surface area contributed by atoms with Crippen LogP contribution in [0, 0.1) is 5.92 Å². The minimum atomic E-state index is 0.00730. The zero-order valence-electron chi connectivity index (χ0n) is 10.9. The number of hydrogen-bond donors (Lipinski definition) is 0. The first kappa shape index (κ1) is 11.9. The third kappa shape index (κ3) is 2.09. The Hall–Kier alpha value is -1.16. The number of hydrogen-bond acceptors (Lipinski definition) is 3. The van der Waals surface area contributed by atoms with Crippen LogP contribution in [0.4, 0.5) is 0 Å². The minimum Gasteiger partial charge on any atom is -0.375 e. The van der Waals surface area contributed by atoms with E-state index in [1.54, 1.807) is 6.33 Å². The molecule has 18 heavy (non-hydrogen) atoms. The summed E-state index contributed by atoms with van der Waals surface area (Å²) in [6, 6.07) is 0. The van der Waals surface area contributed by atoms with Gasteiger partial charge in [0, 0.05) is 25.8 Å². The molecule has 2 fully saturated rings. The Morgan fingerprint density at radius 2 is 2.28 bits per heavy atom. The molecule has 1 unspecified atom stereocenters. The van der Waals surface area contributed by atoms with E-state index in [1.807, 2.05) is 17.8 Å². The molecule has 1 atom stereocenters. The number of carbonyl (C=O) groups excluding carboxylic acids is 1. The number of rotatable bonds is 2. The van der Waals surface area contributed by atoms with Crippen molar-refractivity contribution in [1.29, 1.82) is 0 Å². The largest absolute Gasteiger partial charge is 0.375 e. The van der Waals surface area contributed by atoms with Gasteiger partial charge in [-0.1, -0.05) is 12.8 Å². The Kier molecular flexibility index (Phi) is 2.98. The van der Waals surface area contributed by atoms with Crippen molar-refractivity contribution in [2.45, 2.75) is 44.1 Å². The number of aromatic nitrogens is 2. The summed E-state index contributed by atoms with van der Waals surface area (Å²) in [5.41, 5.74) is 0.616. The van der Waals surface area contributed by atoms with E-state index in [0.717, 1.165) is 32.3 Å². The summed E-state index contributed by atoms with van der Waals surface area (Å²) in [5, 5.41) is 0. The van der Waals surface area contributed by atoms with Crippen LogP contribution >= 0.6 is 0 Å². The van der Waals surface area contributed by atoms with Crippen molar-refractivity contribution in [1.82, 2.24) is 9.55 Å². The highest BCUT2D eigenvalue weighted by Crippen LogP contribution is 2.42. The van der Waals surface area contributed by atoms with Gasteiger partial charge in [0.2, 0.25) is 0 Å². The molecular weight excluding hydrogens is 228 g/mol. The van der Waals surface area contributed by atoms with Crippen molar-refractivity contribution in [3.63, 3.8) is 0 Å². The topological polar surface area (TPSA) is 44.1 Å². The molecular formula is C14H20N2O2. The second-order valence-electron chi connectivity index (χ2n) is 5.72. The molecule has 1 saturated carbocycles. The molecule has 1 aromatic heterocycles. The Morgan fingerprint density at radius 3 is 2.94 bits per heavy atom. The van der Waals surface area contributed by atoms with Gasteiger partial charge in [-0.2, -0.15) is 0 Å². The molecule has 1 aliphatic heterocycles. The van der Waals surface area contributed by atoms with Crippen LogP contribution in [0.1, 0.15) is 49.0 Å². The molecule has 0 bridgehead atoms. The summed E-state index contributed by atoms with van der Waals surface area (Å²) in [6.07, 6.45) is 9.98. The van der Waals surface area contributed by atoms with Gasteiger partial charge in [-0.25, -0.2) is 4.98 Å². The van der Waals surface area contributed by atoms with Crippen LogP contribution in [0.25, 0.3) is 0 Å². The Morgan fingerprint density at radius 1 is 1.50 bits per heavy atom. The van der Waals surface area contributed by atoms with Gasteiger partial charge in [0.1, 0.15) is 5.69 Å². The van der Waals surface area contributed by atoms with Gasteiger partial charge in [0.15, 0.2) is 5.78 Å². The van der Waals surface area contributed by atoms with Gasteiger partial charge >= 0.3 is 0 Å². The molecule has 98 valence electrons. The molecule has 1 spiro atoms. The molecule has 1 aliphatic carbocycles. The smallest absolute Gasteiger partial charge is 0.186 e. The SMILES string of the molecule is Cn1cnc(C(=O)C2CCOC3(CCCC3)C2)c1. The molecule has 3 rings (SSSR count). The zero-order valence-corrected chi connectivity index (χ0v) is 10.9. The molecule has 0 N–H and O–H groups in total. The summed E-state index contributed by atoms with van der Waals surface area (Å²) in [4.78, 5) is 16.6. The number of aryl methyl sites for hydroxylation is 1. The van der Waals surface area contributed by atoms with Gasteiger partial charge in [0.05, 0.1) is 11.9 Å². The van der Waals surface area contributed by atoms with Crippen LogP contribution in [0.15, 0.2) is 12.5 Å². The quantitative estimate of drug-likeness (QED) is 0.755. The molecule has 4 heteroatoms.